The second kappa shape index (κ2) is 8.04. The second-order valence-corrected chi connectivity index (χ2v) is 5.18. The summed E-state index contributed by atoms with van der Waals surface area (Å²) in [4.78, 5) is 2.16. The average molecular weight is 289 g/mol. The van der Waals surface area contributed by atoms with Gasteiger partial charge in [-0.1, -0.05) is 79.4 Å². The lowest BCUT2D eigenvalue weighted by Crippen LogP contribution is -2.14. The molecular weight excluding hydrogens is 266 g/mol. The predicted molar refractivity (Wildman–Crippen MR) is 97.7 cm³/mol. The van der Waals surface area contributed by atoms with Gasteiger partial charge in [0.15, 0.2) is 0 Å². The van der Waals surface area contributed by atoms with Crippen LogP contribution in [0.15, 0.2) is 85.4 Å². The van der Waals surface area contributed by atoms with Crippen molar-refractivity contribution in [3.8, 4) is 0 Å². The summed E-state index contributed by atoms with van der Waals surface area (Å²) < 4.78 is 0. The van der Waals surface area contributed by atoms with E-state index >= 15 is 0 Å². The molecule has 112 valence electrons. The number of hydrogen-bond donors (Lipinski definition) is 0. The van der Waals surface area contributed by atoms with Crippen molar-refractivity contribution in [3.63, 3.8) is 0 Å². The van der Waals surface area contributed by atoms with Gasteiger partial charge in [0, 0.05) is 19.3 Å². The Kier molecular flexibility index (Phi) is 5.79. The number of nitrogens with zero attached hydrogens (tertiary/aromatic N) is 1. The molecule has 0 radical (unpaired) electrons. The lowest BCUT2D eigenvalue weighted by atomic mass is 10.1. The van der Waals surface area contributed by atoms with Crippen LogP contribution in [0.5, 0.6) is 0 Å². The van der Waals surface area contributed by atoms with E-state index in [-0.39, 0.29) is 0 Å². The summed E-state index contributed by atoms with van der Waals surface area (Å²) in [7, 11) is 2.07. The normalized spacial score (nSPS) is 9.73. The molecule has 0 aromatic heterocycles. The molecule has 0 saturated heterocycles. The van der Waals surface area contributed by atoms with Gasteiger partial charge in [-0.15, -0.1) is 0 Å². The van der Waals surface area contributed by atoms with Gasteiger partial charge in [-0.3, -0.25) is 0 Å². The Hall–Kier alpha value is -2.54. The summed E-state index contributed by atoms with van der Waals surface area (Å²) >= 11 is 0. The zero-order valence-corrected chi connectivity index (χ0v) is 13.4. The Balaban J connectivity index is 0.000000246. The fourth-order valence-electron chi connectivity index (χ4n) is 2.16. The molecule has 0 heterocycles. The van der Waals surface area contributed by atoms with Crippen molar-refractivity contribution in [2.24, 2.45) is 0 Å². The Morgan fingerprint density at radius 3 is 1.91 bits per heavy atom. The minimum Gasteiger partial charge on any atom is -0.375 e. The predicted octanol–water partition coefficient (Wildman–Crippen LogP) is 5.45. The van der Waals surface area contributed by atoms with Crippen LogP contribution in [-0.4, -0.2) is 18.5 Å². The van der Waals surface area contributed by atoms with Gasteiger partial charge in [0.1, 0.15) is 0 Å². The molecule has 0 aliphatic rings. The van der Waals surface area contributed by atoms with Crippen molar-refractivity contribution in [3.05, 3.63) is 91.0 Å². The standard InChI is InChI=1S/C15H17N.C6H6/c1-4-16(3)12(2)14-10-9-13-7-5-6-8-15(13)11-14;1-2-4-6-5-3-1/h5-11H,2,4H2,1,3H3;1-6H. The van der Waals surface area contributed by atoms with Crippen molar-refractivity contribution in [2.45, 2.75) is 6.92 Å². The van der Waals surface area contributed by atoms with Crippen LogP contribution in [-0.2, 0) is 0 Å². The first-order chi connectivity index (χ1) is 10.7. The first-order valence-corrected chi connectivity index (χ1v) is 7.61. The van der Waals surface area contributed by atoms with Crippen LogP contribution < -0.4 is 0 Å². The van der Waals surface area contributed by atoms with E-state index < -0.39 is 0 Å². The zero-order valence-electron chi connectivity index (χ0n) is 13.4. The highest BCUT2D eigenvalue weighted by molar-refractivity contribution is 5.85. The summed E-state index contributed by atoms with van der Waals surface area (Å²) in [5.41, 5.74) is 2.27. The van der Waals surface area contributed by atoms with Gasteiger partial charge in [-0.05, 0) is 29.3 Å². The molecule has 3 aromatic carbocycles. The number of hydrogen-bond acceptors (Lipinski definition) is 1. The van der Waals surface area contributed by atoms with Crippen molar-refractivity contribution in [1.82, 2.24) is 4.90 Å². The number of benzene rings is 3. The quantitative estimate of drug-likeness (QED) is 0.620. The molecule has 22 heavy (non-hydrogen) atoms. The minimum atomic E-state index is 0.978. The molecule has 0 aliphatic carbocycles. The van der Waals surface area contributed by atoms with Crippen LogP contribution in [0.25, 0.3) is 16.5 Å². The van der Waals surface area contributed by atoms with Crippen LogP contribution in [0.4, 0.5) is 0 Å². The molecule has 0 unspecified atom stereocenters. The second-order valence-electron chi connectivity index (χ2n) is 5.18. The molecule has 0 amide bonds. The highest BCUT2D eigenvalue weighted by atomic mass is 15.1. The maximum atomic E-state index is 4.13. The van der Waals surface area contributed by atoms with E-state index in [1.54, 1.807) is 0 Å². The maximum Gasteiger partial charge on any atom is 0.0364 e. The molecule has 0 fully saturated rings. The topological polar surface area (TPSA) is 3.24 Å². The molecule has 3 rings (SSSR count). The molecule has 0 saturated carbocycles. The van der Waals surface area contributed by atoms with Gasteiger partial charge in [-0.25, -0.2) is 0 Å². The Labute approximate surface area is 133 Å². The fraction of sp³-hybridized carbons (Fsp3) is 0.143. The highest BCUT2D eigenvalue weighted by Crippen LogP contribution is 2.21. The molecule has 1 heteroatoms. The number of fused-ring (bicyclic) bond motifs is 1. The van der Waals surface area contributed by atoms with Crippen molar-refractivity contribution < 1.29 is 0 Å². The molecule has 0 aliphatic heterocycles. The molecule has 0 atom stereocenters. The van der Waals surface area contributed by atoms with Gasteiger partial charge in [0.05, 0.1) is 0 Å². The van der Waals surface area contributed by atoms with E-state index in [0.717, 1.165) is 12.2 Å². The fourth-order valence-corrected chi connectivity index (χ4v) is 2.16. The van der Waals surface area contributed by atoms with E-state index in [4.69, 9.17) is 0 Å². The summed E-state index contributed by atoms with van der Waals surface area (Å²) in [5, 5.41) is 2.55. The molecule has 0 N–H and O–H groups in total. The van der Waals surface area contributed by atoms with E-state index in [0.29, 0.717) is 0 Å². The lowest BCUT2D eigenvalue weighted by molar-refractivity contribution is 0.510. The summed E-state index contributed by atoms with van der Waals surface area (Å²) in [5.74, 6) is 0. The number of rotatable bonds is 3. The lowest BCUT2D eigenvalue weighted by Gasteiger charge is -2.20. The van der Waals surface area contributed by atoms with Gasteiger partial charge in [0.25, 0.3) is 0 Å². The SMILES string of the molecule is C=C(c1ccc2ccccc2c1)N(C)CC.c1ccccc1. The third-order valence-electron chi connectivity index (χ3n) is 3.68. The Morgan fingerprint density at radius 2 is 1.36 bits per heavy atom. The highest BCUT2D eigenvalue weighted by Gasteiger charge is 2.03. The third-order valence-corrected chi connectivity index (χ3v) is 3.68. The summed E-state index contributed by atoms with van der Waals surface area (Å²) in [6, 6.07) is 26.9. The van der Waals surface area contributed by atoms with Crippen molar-refractivity contribution >= 4 is 16.5 Å². The molecule has 3 aromatic rings. The molecule has 0 spiro atoms. The van der Waals surface area contributed by atoms with Crippen molar-refractivity contribution in [2.75, 3.05) is 13.6 Å². The van der Waals surface area contributed by atoms with Crippen LogP contribution in [0.2, 0.25) is 0 Å². The van der Waals surface area contributed by atoms with Gasteiger partial charge in [-0.2, -0.15) is 0 Å². The summed E-state index contributed by atoms with van der Waals surface area (Å²) in [6.45, 7) is 7.24. The van der Waals surface area contributed by atoms with Crippen LogP contribution in [0, 0.1) is 0 Å². The van der Waals surface area contributed by atoms with Crippen LogP contribution in [0.3, 0.4) is 0 Å². The smallest absolute Gasteiger partial charge is 0.0364 e. The van der Waals surface area contributed by atoms with E-state index in [9.17, 15) is 0 Å². The van der Waals surface area contributed by atoms with E-state index in [1.165, 1.54) is 16.3 Å². The van der Waals surface area contributed by atoms with E-state index in [2.05, 4.69) is 67.9 Å². The first-order valence-electron chi connectivity index (χ1n) is 7.61. The Morgan fingerprint density at radius 1 is 0.818 bits per heavy atom. The van der Waals surface area contributed by atoms with Crippen molar-refractivity contribution in [1.29, 1.82) is 0 Å². The first kappa shape index (κ1) is 15.8. The third kappa shape index (κ3) is 4.23. The maximum absolute atomic E-state index is 4.13. The van der Waals surface area contributed by atoms with Gasteiger partial charge >= 0.3 is 0 Å². The van der Waals surface area contributed by atoms with Gasteiger partial charge in [0.2, 0.25) is 0 Å². The van der Waals surface area contributed by atoms with Crippen LogP contribution in [0.1, 0.15) is 12.5 Å². The average Bonchev–Trinajstić information content (AvgIpc) is 2.62. The Bertz CT molecular complexity index is 689. The largest absolute Gasteiger partial charge is 0.375 e. The molecule has 0 bridgehead atoms. The summed E-state index contributed by atoms with van der Waals surface area (Å²) in [6.07, 6.45) is 0. The molecular formula is C21H23N. The zero-order chi connectivity index (χ0) is 15.8. The van der Waals surface area contributed by atoms with Gasteiger partial charge < -0.3 is 4.90 Å². The monoisotopic (exact) mass is 289 g/mol. The van der Waals surface area contributed by atoms with Crippen LogP contribution >= 0.6 is 0 Å². The van der Waals surface area contributed by atoms with E-state index in [1.807, 2.05) is 36.4 Å². The minimum absolute atomic E-state index is 0.978. The molecule has 1 nitrogen and oxygen atoms in total.